The summed E-state index contributed by atoms with van der Waals surface area (Å²) < 4.78 is 27.2. The van der Waals surface area contributed by atoms with Gasteiger partial charge in [0, 0.05) is 29.2 Å². The molecular formula is C23H22N4O3S2. The zero-order valence-corrected chi connectivity index (χ0v) is 18.9. The van der Waals surface area contributed by atoms with Gasteiger partial charge in [0.25, 0.3) is 10.0 Å². The number of carbonyl (C=O) groups is 1. The molecule has 2 aromatic carbocycles. The van der Waals surface area contributed by atoms with E-state index in [-0.39, 0.29) is 12.3 Å². The van der Waals surface area contributed by atoms with Crippen molar-refractivity contribution in [3.63, 3.8) is 0 Å². The number of nitrogens with zero attached hydrogens (tertiary/aromatic N) is 2. The highest BCUT2D eigenvalue weighted by molar-refractivity contribution is 7.91. The molecule has 3 heterocycles. The number of carbonyl (C=O) groups excluding carboxylic acids is 1. The Bertz CT molecular complexity index is 1350. The second-order valence-corrected chi connectivity index (χ2v) is 11.1. The highest BCUT2D eigenvalue weighted by Gasteiger charge is 2.28. The lowest BCUT2D eigenvalue weighted by atomic mass is 10.2. The van der Waals surface area contributed by atoms with Crippen molar-refractivity contribution in [1.29, 1.82) is 0 Å². The fourth-order valence-electron chi connectivity index (χ4n) is 3.84. The molecular weight excluding hydrogens is 444 g/mol. The van der Waals surface area contributed by atoms with Gasteiger partial charge in [-0.05, 0) is 49.2 Å². The second kappa shape index (κ2) is 8.50. The fraction of sp³-hybridized carbons (Fsp3) is 0.217. The fourth-order valence-corrected chi connectivity index (χ4v) is 6.87. The van der Waals surface area contributed by atoms with Crippen molar-refractivity contribution in [3.05, 3.63) is 65.5 Å². The van der Waals surface area contributed by atoms with Crippen LogP contribution in [0.2, 0.25) is 0 Å². The van der Waals surface area contributed by atoms with Crippen molar-refractivity contribution in [3.8, 4) is 11.4 Å². The van der Waals surface area contributed by atoms with E-state index in [1.165, 1.54) is 4.31 Å². The minimum Gasteiger partial charge on any atom is -0.338 e. The van der Waals surface area contributed by atoms with Crippen molar-refractivity contribution in [2.45, 2.75) is 23.5 Å². The number of fused-ring (bicyclic) bond motifs is 1. The van der Waals surface area contributed by atoms with Crippen LogP contribution in [0.4, 0.5) is 5.69 Å². The molecule has 1 saturated heterocycles. The van der Waals surface area contributed by atoms with Gasteiger partial charge in [-0.25, -0.2) is 13.4 Å². The van der Waals surface area contributed by atoms with E-state index in [1.54, 1.807) is 12.1 Å². The second-order valence-electron chi connectivity index (χ2n) is 7.74. The summed E-state index contributed by atoms with van der Waals surface area (Å²) in [6, 6.07) is 18.6. The molecule has 1 aliphatic heterocycles. The summed E-state index contributed by atoms with van der Waals surface area (Å²) in [7, 11) is -3.45. The molecule has 1 fully saturated rings. The van der Waals surface area contributed by atoms with Gasteiger partial charge in [0.05, 0.1) is 17.5 Å². The number of anilines is 1. The van der Waals surface area contributed by atoms with Crippen molar-refractivity contribution in [2.24, 2.45) is 0 Å². The molecule has 0 unspecified atom stereocenters. The molecule has 2 aromatic heterocycles. The molecule has 0 aliphatic carbocycles. The maximum absolute atomic E-state index is 12.7. The molecule has 2 N–H and O–H groups in total. The molecule has 164 valence electrons. The van der Waals surface area contributed by atoms with E-state index in [0.29, 0.717) is 27.9 Å². The molecule has 0 bridgehead atoms. The number of rotatable bonds is 6. The number of thiophene rings is 1. The highest BCUT2D eigenvalue weighted by Crippen LogP contribution is 2.28. The van der Waals surface area contributed by atoms with Crippen LogP contribution < -0.4 is 5.32 Å². The Morgan fingerprint density at radius 2 is 1.88 bits per heavy atom. The summed E-state index contributed by atoms with van der Waals surface area (Å²) in [4.78, 5) is 21.2. The van der Waals surface area contributed by atoms with Crippen LogP contribution in [-0.4, -0.2) is 41.7 Å². The molecule has 4 aromatic rings. The topological polar surface area (TPSA) is 95.2 Å². The van der Waals surface area contributed by atoms with Crippen LogP contribution in [-0.2, 0) is 21.2 Å². The summed E-state index contributed by atoms with van der Waals surface area (Å²) in [5, 5.41) is 2.90. The Hall–Kier alpha value is -3.01. The molecule has 1 amide bonds. The van der Waals surface area contributed by atoms with Gasteiger partial charge in [0.15, 0.2) is 0 Å². The number of aromatic amines is 1. The third kappa shape index (κ3) is 4.19. The van der Waals surface area contributed by atoms with Gasteiger partial charge >= 0.3 is 0 Å². The number of hydrogen-bond donors (Lipinski definition) is 2. The predicted octanol–water partition coefficient (Wildman–Crippen LogP) is 4.26. The van der Waals surface area contributed by atoms with Crippen LogP contribution in [0.5, 0.6) is 0 Å². The zero-order chi connectivity index (χ0) is 22.1. The third-order valence-corrected chi connectivity index (χ3v) is 8.89. The van der Waals surface area contributed by atoms with E-state index in [2.05, 4.69) is 15.3 Å². The summed E-state index contributed by atoms with van der Waals surface area (Å²) in [5.41, 5.74) is 3.37. The van der Waals surface area contributed by atoms with Gasteiger partial charge in [-0.15, -0.1) is 11.3 Å². The van der Waals surface area contributed by atoms with Crippen LogP contribution in [0, 0.1) is 0 Å². The normalized spacial score (nSPS) is 14.8. The summed E-state index contributed by atoms with van der Waals surface area (Å²) >= 11 is 1.16. The molecule has 9 heteroatoms. The van der Waals surface area contributed by atoms with E-state index in [0.717, 1.165) is 46.6 Å². The van der Waals surface area contributed by atoms with Crippen LogP contribution >= 0.6 is 11.3 Å². The first-order chi connectivity index (χ1) is 15.5. The minimum absolute atomic E-state index is 0.120. The average molecular weight is 467 g/mol. The molecule has 0 radical (unpaired) electrons. The van der Waals surface area contributed by atoms with Crippen LogP contribution in [0.3, 0.4) is 0 Å². The molecule has 32 heavy (non-hydrogen) atoms. The third-order valence-electron chi connectivity index (χ3n) is 5.44. The number of imidazole rings is 1. The van der Waals surface area contributed by atoms with Gasteiger partial charge in [0.2, 0.25) is 5.91 Å². The van der Waals surface area contributed by atoms with E-state index >= 15 is 0 Å². The summed E-state index contributed by atoms with van der Waals surface area (Å²) in [5.74, 6) is 0.538. The molecule has 7 nitrogen and oxygen atoms in total. The number of H-pyrrole nitrogens is 1. The summed E-state index contributed by atoms with van der Waals surface area (Å²) in [6.45, 7) is 1.13. The van der Waals surface area contributed by atoms with Gasteiger partial charge in [-0.3, -0.25) is 4.79 Å². The van der Waals surface area contributed by atoms with Crippen molar-refractivity contribution >= 4 is 44.0 Å². The number of nitrogens with one attached hydrogen (secondary N) is 2. The van der Waals surface area contributed by atoms with Gasteiger partial charge in [-0.2, -0.15) is 4.31 Å². The number of aromatic nitrogens is 2. The smallest absolute Gasteiger partial charge is 0.252 e. The van der Waals surface area contributed by atoms with E-state index < -0.39 is 10.0 Å². The SMILES string of the molecule is O=C(Cc1ccc(S(=O)(=O)N2CCCC2)s1)Nc1cccc(-c2nc3ccccc3[nH]2)c1. The van der Waals surface area contributed by atoms with Crippen LogP contribution in [0.15, 0.2) is 64.9 Å². The largest absolute Gasteiger partial charge is 0.338 e. The predicted molar refractivity (Wildman–Crippen MR) is 126 cm³/mol. The molecule has 0 spiro atoms. The Morgan fingerprint density at radius 1 is 1.06 bits per heavy atom. The zero-order valence-electron chi connectivity index (χ0n) is 17.2. The Labute approximate surface area is 190 Å². The Balaban J connectivity index is 1.28. The number of sulfonamides is 1. The minimum atomic E-state index is -3.45. The number of amides is 1. The summed E-state index contributed by atoms with van der Waals surface area (Å²) in [6.07, 6.45) is 1.91. The van der Waals surface area contributed by atoms with E-state index in [4.69, 9.17) is 0 Å². The van der Waals surface area contributed by atoms with Gasteiger partial charge < -0.3 is 10.3 Å². The van der Waals surface area contributed by atoms with Crippen molar-refractivity contribution in [1.82, 2.24) is 14.3 Å². The van der Waals surface area contributed by atoms with E-state index in [1.807, 2.05) is 48.5 Å². The molecule has 0 saturated carbocycles. The lowest BCUT2D eigenvalue weighted by Gasteiger charge is -2.13. The number of para-hydroxylation sites is 2. The first-order valence-electron chi connectivity index (χ1n) is 10.4. The maximum atomic E-state index is 12.7. The quantitative estimate of drug-likeness (QED) is 0.444. The Morgan fingerprint density at radius 3 is 2.69 bits per heavy atom. The maximum Gasteiger partial charge on any atom is 0.252 e. The lowest BCUT2D eigenvalue weighted by molar-refractivity contribution is -0.115. The number of benzene rings is 2. The van der Waals surface area contributed by atoms with Crippen LogP contribution in [0.25, 0.3) is 22.4 Å². The monoisotopic (exact) mass is 466 g/mol. The molecule has 0 atom stereocenters. The molecule has 1 aliphatic rings. The number of hydrogen-bond acceptors (Lipinski definition) is 5. The van der Waals surface area contributed by atoms with Crippen molar-refractivity contribution in [2.75, 3.05) is 18.4 Å². The van der Waals surface area contributed by atoms with Crippen molar-refractivity contribution < 1.29 is 13.2 Å². The van der Waals surface area contributed by atoms with Gasteiger partial charge in [-0.1, -0.05) is 24.3 Å². The highest BCUT2D eigenvalue weighted by atomic mass is 32.2. The first-order valence-corrected chi connectivity index (χ1v) is 12.7. The first kappa shape index (κ1) is 20.9. The van der Waals surface area contributed by atoms with Crippen LogP contribution in [0.1, 0.15) is 17.7 Å². The molecule has 5 rings (SSSR count). The van der Waals surface area contributed by atoms with E-state index in [9.17, 15) is 13.2 Å². The average Bonchev–Trinajstić information content (AvgIpc) is 3.54. The Kier molecular flexibility index (Phi) is 5.54. The standard InChI is InChI=1S/C23H22N4O3S2/c28-21(15-18-10-11-22(31-18)32(29,30)27-12-3-4-13-27)24-17-7-5-6-16(14-17)23-25-19-8-1-2-9-20(19)26-23/h1-2,5-11,14H,3-4,12-13,15H2,(H,24,28)(H,25,26). The lowest BCUT2D eigenvalue weighted by Crippen LogP contribution is -2.27. The van der Waals surface area contributed by atoms with Gasteiger partial charge in [0.1, 0.15) is 10.0 Å².